The van der Waals surface area contributed by atoms with Crippen LogP contribution in [0.1, 0.15) is 31.6 Å². The quantitative estimate of drug-likeness (QED) is 0.836. The second kappa shape index (κ2) is 7.00. The van der Waals surface area contributed by atoms with Crippen molar-refractivity contribution in [1.82, 2.24) is 15.5 Å². The maximum absolute atomic E-state index is 12.0. The molecule has 1 saturated carbocycles. The number of benzene rings is 1. The van der Waals surface area contributed by atoms with E-state index in [1.807, 2.05) is 12.1 Å². The predicted octanol–water partition coefficient (Wildman–Crippen LogP) is 1.71. The number of methoxy groups -OCH3 is 1. The Morgan fingerprint density at radius 2 is 2.04 bits per heavy atom. The number of carbonyl (C=O) groups excluding carboxylic acids is 1. The normalized spacial score (nSPS) is 16.1. The number of nitrogens with zero attached hydrogens (tertiary/aromatic N) is 2. The van der Waals surface area contributed by atoms with E-state index in [1.54, 1.807) is 19.2 Å². The molecule has 1 heterocycles. The molecule has 24 heavy (non-hydrogen) atoms. The first-order valence-electron chi connectivity index (χ1n) is 8.04. The summed E-state index contributed by atoms with van der Waals surface area (Å²) in [5.74, 6) is 1.18. The molecule has 0 radical (unpaired) electrons. The summed E-state index contributed by atoms with van der Waals surface area (Å²) in [6, 6.07) is 7.26. The molecule has 1 fully saturated rings. The van der Waals surface area contributed by atoms with Gasteiger partial charge < -0.3 is 19.7 Å². The molecule has 0 atom stereocenters. The largest absolute Gasteiger partial charge is 0.497 e. The van der Waals surface area contributed by atoms with E-state index in [4.69, 9.17) is 9.26 Å². The van der Waals surface area contributed by atoms with E-state index in [2.05, 4.69) is 15.5 Å². The molecule has 1 aliphatic carbocycles. The Labute approximate surface area is 140 Å². The predicted molar refractivity (Wildman–Crippen MR) is 86.4 cm³/mol. The maximum atomic E-state index is 12.0. The van der Waals surface area contributed by atoms with E-state index in [-0.39, 0.29) is 24.8 Å². The van der Waals surface area contributed by atoms with E-state index in [9.17, 15) is 9.90 Å². The molecule has 7 nitrogen and oxygen atoms in total. The van der Waals surface area contributed by atoms with Crippen LogP contribution in [0, 0.1) is 0 Å². The summed E-state index contributed by atoms with van der Waals surface area (Å²) < 4.78 is 10.2. The highest BCUT2D eigenvalue weighted by Gasteiger charge is 2.31. The summed E-state index contributed by atoms with van der Waals surface area (Å²) in [5, 5.41) is 16.9. The average Bonchev–Trinajstić information content (AvgIpc) is 3.23. The molecule has 0 aliphatic heterocycles. The minimum atomic E-state index is -0.765. The van der Waals surface area contributed by atoms with Gasteiger partial charge in [-0.25, -0.2) is 0 Å². The molecule has 0 saturated heterocycles. The second-order valence-corrected chi connectivity index (χ2v) is 6.13. The lowest BCUT2D eigenvalue weighted by molar-refractivity contribution is -0.122. The Morgan fingerprint density at radius 1 is 1.33 bits per heavy atom. The molecular weight excluding hydrogens is 310 g/mol. The summed E-state index contributed by atoms with van der Waals surface area (Å²) in [6.45, 7) is 0.269. The highest BCUT2D eigenvalue weighted by atomic mass is 16.5. The van der Waals surface area contributed by atoms with Crippen LogP contribution in [-0.4, -0.2) is 40.4 Å². The number of carbonyl (C=O) groups is 1. The molecule has 1 amide bonds. The van der Waals surface area contributed by atoms with Gasteiger partial charge in [-0.05, 0) is 37.1 Å². The van der Waals surface area contributed by atoms with Crippen LogP contribution in [0.15, 0.2) is 28.8 Å². The monoisotopic (exact) mass is 331 g/mol. The van der Waals surface area contributed by atoms with Crippen LogP contribution < -0.4 is 10.1 Å². The van der Waals surface area contributed by atoms with Crippen LogP contribution in [0.4, 0.5) is 0 Å². The summed E-state index contributed by atoms with van der Waals surface area (Å²) in [5.41, 5.74) is 0.0187. The molecule has 1 aromatic carbocycles. The first-order chi connectivity index (χ1) is 11.6. The zero-order valence-electron chi connectivity index (χ0n) is 13.6. The Hall–Kier alpha value is -2.41. The average molecular weight is 331 g/mol. The lowest BCUT2D eigenvalue weighted by Crippen LogP contribution is -2.41. The van der Waals surface area contributed by atoms with Crippen molar-refractivity contribution in [2.24, 2.45) is 0 Å². The fourth-order valence-corrected chi connectivity index (χ4v) is 2.86. The first kappa shape index (κ1) is 16.4. The molecule has 0 spiro atoms. The second-order valence-electron chi connectivity index (χ2n) is 6.13. The molecule has 0 bridgehead atoms. The van der Waals surface area contributed by atoms with Crippen LogP contribution in [0.3, 0.4) is 0 Å². The van der Waals surface area contributed by atoms with Crippen LogP contribution in [0.5, 0.6) is 5.75 Å². The highest BCUT2D eigenvalue weighted by Crippen LogP contribution is 2.28. The maximum Gasteiger partial charge on any atom is 0.236 e. The Bertz CT molecular complexity index is 690. The van der Waals surface area contributed by atoms with E-state index in [1.165, 1.54) is 0 Å². The standard InChI is InChI=1S/C17H21N3O4/c1-23-13-6-4-12(5-7-13)16-19-15(24-20-16)10-14(21)18-11-17(22)8-2-3-9-17/h4-7,22H,2-3,8-11H2,1H3,(H,18,21). The van der Waals surface area contributed by atoms with Gasteiger partial charge in [0.1, 0.15) is 12.2 Å². The molecule has 0 unspecified atom stereocenters. The summed E-state index contributed by atoms with van der Waals surface area (Å²) in [4.78, 5) is 16.2. The fourth-order valence-electron chi connectivity index (χ4n) is 2.86. The van der Waals surface area contributed by atoms with Gasteiger partial charge in [-0.15, -0.1) is 0 Å². The topological polar surface area (TPSA) is 97.5 Å². The number of nitrogens with one attached hydrogen (secondary N) is 1. The van der Waals surface area contributed by atoms with Gasteiger partial charge >= 0.3 is 0 Å². The minimum absolute atomic E-state index is 0.000759. The Morgan fingerprint density at radius 3 is 2.71 bits per heavy atom. The number of hydrogen-bond acceptors (Lipinski definition) is 6. The number of aliphatic hydroxyl groups is 1. The lowest BCUT2D eigenvalue weighted by Gasteiger charge is -2.22. The van der Waals surface area contributed by atoms with Crippen molar-refractivity contribution in [3.8, 4) is 17.1 Å². The van der Waals surface area contributed by atoms with Gasteiger partial charge in [0.15, 0.2) is 0 Å². The van der Waals surface area contributed by atoms with E-state index in [0.717, 1.165) is 37.0 Å². The zero-order valence-corrected chi connectivity index (χ0v) is 13.6. The molecule has 128 valence electrons. The van der Waals surface area contributed by atoms with Crippen molar-refractivity contribution in [2.45, 2.75) is 37.7 Å². The number of ether oxygens (including phenoxy) is 1. The summed E-state index contributed by atoms with van der Waals surface area (Å²) in [7, 11) is 1.60. The summed E-state index contributed by atoms with van der Waals surface area (Å²) >= 11 is 0. The van der Waals surface area contributed by atoms with Gasteiger partial charge in [-0.2, -0.15) is 4.98 Å². The van der Waals surface area contributed by atoms with Crippen molar-refractivity contribution in [2.75, 3.05) is 13.7 Å². The molecule has 1 aliphatic rings. The van der Waals surface area contributed by atoms with E-state index < -0.39 is 5.60 Å². The van der Waals surface area contributed by atoms with Gasteiger partial charge in [-0.3, -0.25) is 4.79 Å². The van der Waals surface area contributed by atoms with Gasteiger partial charge in [-0.1, -0.05) is 18.0 Å². The van der Waals surface area contributed by atoms with Crippen molar-refractivity contribution >= 4 is 5.91 Å². The van der Waals surface area contributed by atoms with Crippen molar-refractivity contribution in [3.05, 3.63) is 30.2 Å². The van der Waals surface area contributed by atoms with Gasteiger partial charge in [0, 0.05) is 12.1 Å². The van der Waals surface area contributed by atoms with Gasteiger partial charge in [0.05, 0.1) is 12.7 Å². The minimum Gasteiger partial charge on any atom is -0.497 e. The number of amides is 1. The van der Waals surface area contributed by atoms with Crippen molar-refractivity contribution in [3.63, 3.8) is 0 Å². The number of hydrogen-bond donors (Lipinski definition) is 2. The van der Waals surface area contributed by atoms with Crippen LogP contribution in [-0.2, 0) is 11.2 Å². The molecule has 2 N–H and O–H groups in total. The third kappa shape index (κ3) is 3.91. The van der Waals surface area contributed by atoms with Crippen molar-refractivity contribution < 1.29 is 19.2 Å². The van der Waals surface area contributed by atoms with Crippen LogP contribution >= 0.6 is 0 Å². The van der Waals surface area contributed by atoms with Gasteiger partial charge in [0.25, 0.3) is 0 Å². The fraction of sp³-hybridized carbons (Fsp3) is 0.471. The smallest absolute Gasteiger partial charge is 0.236 e. The molecule has 3 rings (SSSR count). The molecule has 2 aromatic rings. The third-order valence-corrected chi connectivity index (χ3v) is 4.28. The zero-order chi connectivity index (χ0) is 17.0. The Kier molecular flexibility index (Phi) is 4.80. The molecular formula is C17H21N3O4. The van der Waals surface area contributed by atoms with Gasteiger partial charge in [0.2, 0.25) is 17.6 Å². The SMILES string of the molecule is COc1ccc(-c2noc(CC(=O)NCC3(O)CCCC3)n2)cc1. The third-order valence-electron chi connectivity index (χ3n) is 4.28. The lowest BCUT2D eigenvalue weighted by atomic mass is 10.0. The van der Waals surface area contributed by atoms with Crippen LogP contribution in [0.25, 0.3) is 11.4 Å². The molecule has 1 aromatic heterocycles. The van der Waals surface area contributed by atoms with Crippen LogP contribution in [0.2, 0.25) is 0 Å². The number of rotatable bonds is 6. The molecule has 7 heteroatoms. The first-order valence-corrected chi connectivity index (χ1v) is 8.04. The van der Waals surface area contributed by atoms with E-state index in [0.29, 0.717) is 5.82 Å². The highest BCUT2D eigenvalue weighted by molar-refractivity contribution is 5.77. The number of aromatic nitrogens is 2. The Balaban J connectivity index is 1.56. The summed E-state index contributed by atoms with van der Waals surface area (Å²) in [6.07, 6.45) is 3.46. The van der Waals surface area contributed by atoms with Crippen molar-refractivity contribution in [1.29, 1.82) is 0 Å². The van der Waals surface area contributed by atoms with E-state index >= 15 is 0 Å².